The van der Waals surface area contributed by atoms with Gasteiger partial charge in [0, 0.05) is 6.42 Å². The molecule has 0 aromatic rings. The minimum absolute atomic E-state index is 0.181. The maximum atomic E-state index is 13.0. The van der Waals surface area contributed by atoms with Gasteiger partial charge >= 0.3 is 0 Å². The van der Waals surface area contributed by atoms with Crippen molar-refractivity contribution in [2.24, 2.45) is 0 Å². The van der Waals surface area contributed by atoms with Gasteiger partial charge in [0.05, 0.1) is 25.4 Å². The first-order chi connectivity index (χ1) is 31.8. The van der Waals surface area contributed by atoms with E-state index >= 15 is 0 Å². The highest BCUT2D eigenvalue weighted by molar-refractivity contribution is 5.76. The molecule has 0 saturated carbocycles. The molecule has 0 aromatic heterocycles. The van der Waals surface area contributed by atoms with Gasteiger partial charge in [-0.25, -0.2) is 0 Å². The molecule has 9 nitrogen and oxygen atoms in total. The third kappa shape index (κ3) is 36.3. The van der Waals surface area contributed by atoms with Crippen LogP contribution < -0.4 is 5.32 Å². The lowest BCUT2D eigenvalue weighted by Gasteiger charge is -2.40. The van der Waals surface area contributed by atoms with Crippen LogP contribution in [0.3, 0.4) is 0 Å². The lowest BCUT2D eigenvalue weighted by Crippen LogP contribution is -2.60. The van der Waals surface area contributed by atoms with E-state index in [1.165, 1.54) is 212 Å². The summed E-state index contributed by atoms with van der Waals surface area (Å²) in [5.74, 6) is -0.181. The van der Waals surface area contributed by atoms with Crippen LogP contribution in [0.5, 0.6) is 0 Å². The van der Waals surface area contributed by atoms with Gasteiger partial charge in [-0.3, -0.25) is 4.79 Å². The standard InChI is InChI=1S/C56H107NO8/c1-3-5-7-9-11-13-15-17-19-21-23-25-26-28-30-32-34-36-38-40-42-44-46-52(60)57-49(48-64-56-55(63)54(62)53(61)51(47-58)65-56)50(59)45-43-41-39-37-35-33-31-29-27-24-22-20-18-16-14-12-10-8-6-4-2/h35,37,43,45,49-51,53-56,58-59,61-63H,3-34,36,38-42,44,46-48H2,1-2H3,(H,57,60)/b37-35+,45-43+. The molecule has 0 radical (unpaired) electrons. The highest BCUT2D eigenvalue weighted by Crippen LogP contribution is 2.23. The highest BCUT2D eigenvalue weighted by Gasteiger charge is 2.44. The summed E-state index contributed by atoms with van der Waals surface area (Å²) in [6.07, 6.45) is 51.0. The normalized spacial score (nSPS) is 20.0. The second kappa shape index (κ2) is 46.4. The molecule has 0 aliphatic carbocycles. The Balaban J connectivity index is 2.26. The average Bonchev–Trinajstić information content (AvgIpc) is 3.31. The smallest absolute Gasteiger partial charge is 0.220 e. The number of aliphatic hydroxyl groups is 5. The minimum atomic E-state index is -1.57. The van der Waals surface area contributed by atoms with Crippen molar-refractivity contribution in [3.8, 4) is 0 Å². The number of unbranched alkanes of at least 4 members (excludes halogenated alkanes) is 36. The quantitative estimate of drug-likeness (QED) is 0.0261. The highest BCUT2D eigenvalue weighted by atomic mass is 16.7. The first-order valence-electron chi connectivity index (χ1n) is 28.1. The number of rotatable bonds is 48. The Labute approximate surface area is 400 Å². The molecule has 1 heterocycles. The predicted octanol–water partition coefficient (Wildman–Crippen LogP) is 13.4. The van der Waals surface area contributed by atoms with Crippen LogP contribution >= 0.6 is 0 Å². The molecule has 0 spiro atoms. The summed E-state index contributed by atoms with van der Waals surface area (Å²) >= 11 is 0. The van der Waals surface area contributed by atoms with Gasteiger partial charge in [0.15, 0.2) is 6.29 Å². The lowest BCUT2D eigenvalue weighted by molar-refractivity contribution is -0.302. The van der Waals surface area contributed by atoms with Gasteiger partial charge < -0.3 is 40.3 Å². The Morgan fingerprint density at radius 2 is 0.877 bits per heavy atom. The number of carbonyl (C=O) groups excluding carboxylic acids is 1. The number of hydrogen-bond donors (Lipinski definition) is 6. The van der Waals surface area contributed by atoms with Gasteiger partial charge in [-0.05, 0) is 32.1 Å². The van der Waals surface area contributed by atoms with Crippen molar-refractivity contribution in [3.63, 3.8) is 0 Å². The number of allylic oxidation sites excluding steroid dienone is 3. The SMILES string of the molecule is CCCCCCCCCCCCCCCC/C=C/CC/C=C/C(O)C(COC1OC(CO)C(O)C(O)C1O)NC(=O)CCCCCCCCCCCCCCCCCCCCCCCC. The fourth-order valence-electron chi connectivity index (χ4n) is 9.06. The predicted molar refractivity (Wildman–Crippen MR) is 272 cm³/mol. The van der Waals surface area contributed by atoms with Gasteiger partial charge in [0.25, 0.3) is 0 Å². The van der Waals surface area contributed by atoms with Crippen LogP contribution in [0.25, 0.3) is 0 Å². The molecule has 1 rings (SSSR count). The molecule has 0 aromatic carbocycles. The van der Waals surface area contributed by atoms with Crippen LogP contribution in [0.4, 0.5) is 0 Å². The molecule has 0 bridgehead atoms. The maximum Gasteiger partial charge on any atom is 0.220 e. The minimum Gasteiger partial charge on any atom is -0.394 e. The summed E-state index contributed by atoms with van der Waals surface area (Å²) in [6, 6.07) is -0.818. The summed E-state index contributed by atoms with van der Waals surface area (Å²) < 4.78 is 11.3. The van der Waals surface area contributed by atoms with E-state index in [0.29, 0.717) is 6.42 Å². The molecular weight excluding hydrogens is 815 g/mol. The van der Waals surface area contributed by atoms with Crippen LogP contribution in [0, 0.1) is 0 Å². The van der Waals surface area contributed by atoms with Crippen molar-refractivity contribution in [1.82, 2.24) is 5.32 Å². The van der Waals surface area contributed by atoms with Crippen molar-refractivity contribution in [1.29, 1.82) is 0 Å². The van der Waals surface area contributed by atoms with E-state index in [0.717, 1.165) is 38.5 Å². The van der Waals surface area contributed by atoms with Gasteiger partial charge in [-0.15, -0.1) is 0 Å². The number of amides is 1. The van der Waals surface area contributed by atoms with Gasteiger partial charge in [0.2, 0.25) is 5.91 Å². The van der Waals surface area contributed by atoms with Crippen molar-refractivity contribution in [3.05, 3.63) is 24.3 Å². The fraction of sp³-hybridized carbons (Fsp3) is 0.911. The Bertz CT molecular complexity index is 1070. The molecule has 9 heteroatoms. The summed E-state index contributed by atoms with van der Waals surface area (Å²) in [7, 11) is 0. The average molecular weight is 922 g/mol. The molecular formula is C56H107NO8. The molecule has 1 aliphatic heterocycles. The summed E-state index contributed by atoms with van der Waals surface area (Å²) in [5.41, 5.74) is 0. The molecule has 7 atom stereocenters. The van der Waals surface area contributed by atoms with E-state index in [4.69, 9.17) is 9.47 Å². The lowest BCUT2D eigenvalue weighted by atomic mass is 9.99. The summed E-state index contributed by atoms with van der Waals surface area (Å²) in [4.78, 5) is 13.0. The number of ether oxygens (including phenoxy) is 2. The zero-order valence-electron chi connectivity index (χ0n) is 42.5. The number of carbonyl (C=O) groups is 1. The monoisotopic (exact) mass is 922 g/mol. The molecule has 384 valence electrons. The van der Waals surface area contributed by atoms with E-state index in [1.807, 2.05) is 6.08 Å². The van der Waals surface area contributed by atoms with Crippen LogP contribution in [-0.4, -0.2) is 87.5 Å². The Morgan fingerprint density at radius 3 is 1.29 bits per heavy atom. The largest absolute Gasteiger partial charge is 0.394 e. The Hall–Kier alpha value is -1.33. The molecule has 65 heavy (non-hydrogen) atoms. The fourth-order valence-corrected chi connectivity index (χ4v) is 9.06. The summed E-state index contributed by atoms with van der Waals surface area (Å²) in [6.45, 7) is 3.80. The van der Waals surface area contributed by atoms with Crippen LogP contribution in [0.15, 0.2) is 24.3 Å². The first-order valence-corrected chi connectivity index (χ1v) is 28.1. The third-order valence-electron chi connectivity index (χ3n) is 13.5. The molecule has 7 unspecified atom stereocenters. The molecule has 1 aliphatic rings. The van der Waals surface area contributed by atoms with Gasteiger partial charge in [-0.2, -0.15) is 0 Å². The molecule has 1 amide bonds. The maximum absolute atomic E-state index is 13.0. The second-order valence-electron chi connectivity index (χ2n) is 19.7. The zero-order chi connectivity index (χ0) is 47.3. The molecule has 1 fully saturated rings. The number of aliphatic hydroxyl groups excluding tert-OH is 5. The van der Waals surface area contributed by atoms with Crippen LogP contribution in [0.1, 0.15) is 271 Å². The molecule has 6 N–H and O–H groups in total. The van der Waals surface area contributed by atoms with E-state index < -0.39 is 49.5 Å². The topological polar surface area (TPSA) is 149 Å². The van der Waals surface area contributed by atoms with Gasteiger partial charge in [0.1, 0.15) is 24.4 Å². The van der Waals surface area contributed by atoms with Gasteiger partial charge in [-0.1, -0.05) is 256 Å². The van der Waals surface area contributed by atoms with E-state index in [2.05, 4.69) is 31.3 Å². The van der Waals surface area contributed by atoms with Crippen molar-refractivity contribution in [2.45, 2.75) is 314 Å². The van der Waals surface area contributed by atoms with E-state index in [-0.39, 0.29) is 12.5 Å². The van der Waals surface area contributed by atoms with Crippen LogP contribution in [0.2, 0.25) is 0 Å². The van der Waals surface area contributed by atoms with Crippen LogP contribution in [-0.2, 0) is 14.3 Å². The Morgan fingerprint density at radius 1 is 0.508 bits per heavy atom. The second-order valence-corrected chi connectivity index (χ2v) is 19.7. The number of hydrogen-bond acceptors (Lipinski definition) is 8. The number of nitrogens with one attached hydrogen (secondary N) is 1. The third-order valence-corrected chi connectivity index (χ3v) is 13.5. The van der Waals surface area contributed by atoms with E-state index in [9.17, 15) is 30.3 Å². The summed E-state index contributed by atoms with van der Waals surface area (Å²) in [5, 5.41) is 54.4. The van der Waals surface area contributed by atoms with Crippen molar-refractivity contribution in [2.75, 3.05) is 13.2 Å². The van der Waals surface area contributed by atoms with E-state index in [1.54, 1.807) is 6.08 Å². The van der Waals surface area contributed by atoms with Crippen molar-refractivity contribution < 1.29 is 39.8 Å². The molecule has 1 saturated heterocycles. The Kier molecular flexibility index (Phi) is 44.0. The first kappa shape index (κ1) is 61.7. The van der Waals surface area contributed by atoms with Crippen molar-refractivity contribution >= 4 is 5.91 Å². The zero-order valence-corrected chi connectivity index (χ0v) is 42.5.